The highest BCUT2D eigenvalue weighted by molar-refractivity contribution is 8.15. The molecule has 2 atom stereocenters. The number of nitrogens with zero attached hydrogens (tertiary/aromatic N) is 1. The predicted octanol–water partition coefficient (Wildman–Crippen LogP) is 3.07. The summed E-state index contributed by atoms with van der Waals surface area (Å²) in [5, 5.41) is 6.58. The van der Waals surface area contributed by atoms with Gasteiger partial charge in [0, 0.05) is 22.2 Å². The van der Waals surface area contributed by atoms with Crippen LogP contribution in [0.3, 0.4) is 0 Å². The van der Waals surface area contributed by atoms with Crippen LogP contribution in [0.4, 0.5) is 15.8 Å². The average Bonchev–Trinajstić information content (AvgIpc) is 3.11. The van der Waals surface area contributed by atoms with E-state index in [1.165, 1.54) is 36.0 Å². The Balaban J connectivity index is 1.48. The third kappa shape index (κ3) is 4.05. The summed E-state index contributed by atoms with van der Waals surface area (Å²) in [6.45, 7) is 1.91. The zero-order chi connectivity index (χ0) is 19.9. The first-order valence-corrected chi connectivity index (χ1v) is 11.4. The van der Waals surface area contributed by atoms with Gasteiger partial charge in [-0.15, -0.1) is 0 Å². The number of rotatable bonds is 3. The average molecular weight is 420 g/mol. The number of nitrogens with one attached hydrogen (secondary N) is 2. The number of sulfone groups is 1. The molecular formula is C19H18FN3O3S2. The normalized spacial score (nSPS) is 22.4. The van der Waals surface area contributed by atoms with Gasteiger partial charge in [-0.3, -0.25) is 9.79 Å². The fraction of sp³-hybridized carbons (Fsp3) is 0.263. The van der Waals surface area contributed by atoms with E-state index < -0.39 is 9.84 Å². The van der Waals surface area contributed by atoms with Crippen LogP contribution in [-0.4, -0.2) is 42.3 Å². The molecule has 146 valence electrons. The molecule has 2 aliphatic heterocycles. The number of aliphatic imine (C=N–C) groups is 1. The number of hydrogen-bond acceptors (Lipinski definition) is 6. The molecule has 2 aliphatic rings. The number of aryl methyl sites for hydroxylation is 1. The summed E-state index contributed by atoms with van der Waals surface area (Å²) in [7, 11) is -2.99. The number of amidine groups is 1. The van der Waals surface area contributed by atoms with Gasteiger partial charge in [0.2, 0.25) is 0 Å². The Morgan fingerprint density at radius 3 is 2.64 bits per heavy atom. The maximum absolute atomic E-state index is 13.0. The van der Waals surface area contributed by atoms with Crippen molar-refractivity contribution in [2.45, 2.75) is 18.2 Å². The van der Waals surface area contributed by atoms with E-state index in [1.54, 1.807) is 12.1 Å². The molecule has 0 unspecified atom stereocenters. The molecule has 0 saturated carbocycles. The summed E-state index contributed by atoms with van der Waals surface area (Å²) in [4.78, 5) is 17.0. The Kier molecular flexibility index (Phi) is 4.88. The van der Waals surface area contributed by atoms with Crippen LogP contribution < -0.4 is 10.6 Å². The molecule has 6 nitrogen and oxygen atoms in total. The third-order valence-electron chi connectivity index (χ3n) is 4.66. The van der Waals surface area contributed by atoms with Gasteiger partial charge < -0.3 is 10.6 Å². The zero-order valence-electron chi connectivity index (χ0n) is 15.0. The maximum atomic E-state index is 13.0. The number of carbonyl (C=O) groups excluding carboxylic acids is 1. The SMILES string of the molecule is Cc1ccc(C(=O)Nc2ccc(F)cc2)cc1NC1=N[C@@H]2CS(=O)(=O)C[C@H]2S1. The second kappa shape index (κ2) is 7.21. The molecular weight excluding hydrogens is 401 g/mol. The van der Waals surface area contributed by atoms with Crippen molar-refractivity contribution in [2.24, 2.45) is 4.99 Å². The predicted molar refractivity (Wildman–Crippen MR) is 110 cm³/mol. The molecule has 0 radical (unpaired) electrons. The van der Waals surface area contributed by atoms with E-state index in [0.717, 1.165) is 11.3 Å². The number of anilines is 2. The molecule has 4 rings (SSSR count). The van der Waals surface area contributed by atoms with Gasteiger partial charge in [-0.05, 0) is 48.9 Å². The van der Waals surface area contributed by atoms with Gasteiger partial charge in [0.25, 0.3) is 5.91 Å². The lowest BCUT2D eigenvalue weighted by Gasteiger charge is -2.12. The Hall–Kier alpha value is -2.39. The summed E-state index contributed by atoms with van der Waals surface area (Å²) >= 11 is 1.43. The quantitative estimate of drug-likeness (QED) is 0.798. The fourth-order valence-corrected chi connectivity index (χ4v) is 6.83. The standard InChI is InChI=1S/C19H18FN3O3S2/c1-11-2-3-12(18(24)21-14-6-4-13(20)5-7-14)8-15(11)22-19-23-16-9-28(25,26)10-17(16)27-19/h2-8,16-17H,9-10H2,1H3,(H,21,24)(H,22,23)/t16-,17-/m1/s1. The van der Waals surface area contributed by atoms with E-state index in [9.17, 15) is 17.6 Å². The van der Waals surface area contributed by atoms with E-state index in [0.29, 0.717) is 16.4 Å². The second-order valence-corrected chi connectivity index (χ2v) is 10.2. The monoisotopic (exact) mass is 419 g/mol. The first-order chi connectivity index (χ1) is 13.3. The van der Waals surface area contributed by atoms with Crippen molar-refractivity contribution in [3.63, 3.8) is 0 Å². The Bertz CT molecular complexity index is 1070. The van der Waals surface area contributed by atoms with E-state index in [1.807, 2.05) is 13.0 Å². The number of halogens is 1. The Morgan fingerprint density at radius 1 is 1.18 bits per heavy atom. The van der Waals surface area contributed by atoms with E-state index in [2.05, 4.69) is 15.6 Å². The molecule has 0 bridgehead atoms. The molecule has 1 amide bonds. The highest BCUT2D eigenvalue weighted by atomic mass is 32.2. The van der Waals surface area contributed by atoms with Crippen molar-refractivity contribution in [2.75, 3.05) is 22.1 Å². The first kappa shape index (κ1) is 18.9. The summed E-state index contributed by atoms with van der Waals surface area (Å²) in [6, 6.07) is 10.6. The van der Waals surface area contributed by atoms with E-state index in [4.69, 9.17) is 0 Å². The number of benzene rings is 2. The van der Waals surface area contributed by atoms with Gasteiger partial charge in [0.1, 0.15) is 5.82 Å². The van der Waals surface area contributed by atoms with Crippen LogP contribution in [-0.2, 0) is 9.84 Å². The van der Waals surface area contributed by atoms with Crippen molar-refractivity contribution in [3.8, 4) is 0 Å². The molecule has 2 N–H and O–H groups in total. The number of fused-ring (bicyclic) bond motifs is 1. The smallest absolute Gasteiger partial charge is 0.255 e. The van der Waals surface area contributed by atoms with E-state index >= 15 is 0 Å². The molecule has 0 aliphatic carbocycles. The maximum Gasteiger partial charge on any atom is 0.255 e. The highest BCUT2D eigenvalue weighted by Gasteiger charge is 2.42. The molecule has 9 heteroatoms. The summed E-state index contributed by atoms with van der Waals surface area (Å²) in [6.07, 6.45) is 0. The zero-order valence-corrected chi connectivity index (χ0v) is 16.6. The number of hydrogen-bond donors (Lipinski definition) is 2. The summed E-state index contributed by atoms with van der Waals surface area (Å²) in [5.74, 6) is -0.434. The number of thioether (sulfide) groups is 1. The lowest BCUT2D eigenvalue weighted by Crippen LogP contribution is -2.14. The third-order valence-corrected chi connectivity index (χ3v) is 7.80. The largest absolute Gasteiger partial charge is 0.335 e. The lowest BCUT2D eigenvalue weighted by molar-refractivity contribution is 0.102. The highest BCUT2D eigenvalue weighted by Crippen LogP contribution is 2.35. The van der Waals surface area contributed by atoms with Crippen LogP contribution >= 0.6 is 11.8 Å². The summed E-state index contributed by atoms with van der Waals surface area (Å²) in [5.41, 5.74) is 2.63. The minimum Gasteiger partial charge on any atom is -0.335 e. The van der Waals surface area contributed by atoms with Gasteiger partial charge in [-0.1, -0.05) is 17.8 Å². The topological polar surface area (TPSA) is 87.6 Å². The fourth-order valence-electron chi connectivity index (χ4n) is 3.17. The molecule has 2 aromatic carbocycles. The first-order valence-electron chi connectivity index (χ1n) is 8.68. The van der Waals surface area contributed by atoms with Crippen molar-refractivity contribution < 1.29 is 17.6 Å². The number of amides is 1. The molecule has 1 fully saturated rings. The van der Waals surface area contributed by atoms with Crippen LogP contribution in [0.15, 0.2) is 47.5 Å². The Morgan fingerprint density at radius 2 is 1.93 bits per heavy atom. The van der Waals surface area contributed by atoms with Crippen LogP contribution in [0.2, 0.25) is 0 Å². The molecule has 0 aromatic heterocycles. The van der Waals surface area contributed by atoms with Gasteiger partial charge in [0.05, 0.1) is 17.5 Å². The van der Waals surface area contributed by atoms with Crippen molar-refractivity contribution in [1.82, 2.24) is 0 Å². The van der Waals surface area contributed by atoms with Crippen molar-refractivity contribution in [1.29, 1.82) is 0 Å². The lowest BCUT2D eigenvalue weighted by atomic mass is 10.1. The Labute approximate surface area is 166 Å². The van der Waals surface area contributed by atoms with Crippen molar-refractivity contribution in [3.05, 3.63) is 59.4 Å². The van der Waals surface area contributed by atoms with E-state index in [-0.39, 0.29) is 34.5 Å². The molecule has 2 heterocycles. The van der Waals surface area contributed by atoms with Crippen LogP contribution in [0, 0.1) is 12.7 Å². The minimum absolute atomic E-state index is 0.0437. The van der Waals surface area contributed by atoms with Gasteiger partial charge >= 0.3 is 0 Å². The molecule has 2 aromatic rings. The van der Waals surface area contributed by atoms with Crippen molar-refractivity contribution >= 4 is 44.0 Å². The van der Waals surface area contributed by atoms with Crippen LogP contribution in [0.25, 0.3) is 0 Å². The molecule has 0 spiro atoms. The van der Waals surface area contributed by atoms with Gasteiger partial charge in [0.15, 0.2) is 15.0 Å². The minimum atomic E-state index is -2.99. The second-order valence-electron chi connectivity index (χ2n) is 6.85. The van der Waals surface area contributed by atoms with Gasteiger partial charge in [-0.25, -0.2) is 12.8 Å². The van der Waals surface area contributed by atoms with Gasteiger partial charge in [-0.2, -0.15) is 0 Å². The number of carbonyl (C=O) groups is 1. The molecule has 1 saturated heterocycles. The summed E-state index contributed by atoms with van der Waals surface area (Å²) < 4.78 is 36.4. The van der Waals surface area contributed by atoms with Crippen LogP contribution in [0.5, 0.6) is 0 Å². The van der Waals surface area contributed by atoms with Crippen LogP contribution in [0.1, 0.15) is 15.9 Å². The molecule has 28 heavy (non-hydrogen) atoms.